The van der Waals surface area contributed by atoms with Crippen molar-refractivity contribution >= 4 is 5.97 Å². The third-order valence-corrected chi connectivity index (χ3v) is 3.37. The van der Waals surface area contributed by atoms with Crippen LogP contribution in [0.15, 0.2) is 16.7 Å². The second kappa shape index (κ2) is 6.73. The van der Waals surface area contributed by atoms with E-state index in [1.165, 1.54) is 0 Å². The number of nitrogens with one attached hydrogen (secondary N) is 1. The molecule has 1 fully saturated rings. The number of hydrogen-bond donors (Lipinski definition) is 1. The monoisotopic (exact) mass is 266 g/mol. The summed E-state index contributed by atoms with van der Waals surface area (Å²) in [5, 5.41) is 3.27. The second-order valence-electron chi connectivity index (χ2n) is 4.76. The summed E-state index contributed by atoms with van der Waals surface area (Å²) < 4.78 is 10.5. The summed E-state index contributed by atoms with van der Waals surface area (Å²) in [7, 11) is 0. The maximum atomic E-state index is 11.8. The van der Waals surface area contributed by atoms with Crippen LogP contribution in [0.4, 0.5) is 0 Å². The minimum Gasteiger partial charge on any atom is -0.467 e. The molecule has 0 atom stereocenters. The number of hydrogen-bond acceptors (Lipinski definition) is 5. The first kappa shape index (κ1) is 14.1. The lowest BCUT2D eigenvalue weighted by molar-refractivity contribution is 0.0519. The van der Waals surface area contributed by atoms with Crippen LogP contribution in [0.1, 0.15) is 36.4 Å². The molecule has 1 aliphatic heterocycles. The van der Waals surface area contributed by atoms with E-state index in [4.69, 9.17) is 9.15 Å². The maximum Gasteiger partial charge on any atom is 0.341 e. The third-order valence-electron chi connectivity index (χ3n) is 3.37. The van der Waals surface area contributed by atoms with E-state index in [0.29, 0.717) is 30.5 Å². The van der Waals surface area contributed by atoms with Gasteiger partial charge >= 0.3 is 5.97 Å². The molecule has 0 aromatic carbocycles. The van der Waals surface area contributed by atoms with Gasteiger partial charge in [-0.25, -0.2) is 4.79 Å². The number of nitrogens with zero attached hydrogens (tertiary/aromatic N) is 1. The Labute approximate surface area is 113 Å². The lowest BCUT2D eigenvalue weighted by atomic mass is 10.1. The maximum absolute atomic E-state index is 11.8. The molecule has 0 spiro atoms. The highest BCUT2D eigenvalue weighted by atomic mass is 16.5. The van der Waals surface area contributed by atoms with Gasteiger partial charge in [0, 0.05) is 19.1 Å². The minimum atomic E-state index is -0.297. The van der Waals surface area contributed by atoms with Gasteiger partial charge in [-0.3, -0.25) is 4.90 Å². The lowest BCUT2D eigenvalue weighted by Gasteiger charge is -2.37. The molecule has 1 aliphatic rings. The first-order chi connectivity index (χ1) is 9.26. The van der Waals surface area contributed by atoms with Gasteiger partial charge in [-0.05, 0) is 26.0 Å². The molecule has 0 bridgehead atoms. The summed E-state index contributed by atoms with van der Waals surface area (Å²) in [5.41, 5.74) is 0.551. The molecule has 0 saturated carbocycles. The first-order valence-corrected chi connectivity index (χ1v) is 6.94. The summed E-state index contributed by atoms with van der Waals surface area (Å²) in [4.78, 5) is 14.2. The second-order valence-corrected chi connectivity index (χ2v) is 4.76. The van der Waals surface area contributed by atoms with Gasteiger partial charge in [-0.1, -0.05) is 6.92 Å². The van der Waals surface area contributed by atoms with Crippen molar-refractivity contribution in [1.29, 1.82) is 0 Å². The Morgan fingerprint density at radius 1 is 1.53 bits per heavy atom. The van der Waals surface area contributed by atoms with Gasteiger partial charge < -0.3 is 14.5 Å². The molecule has 1 aromatic rings. The Bertz CT molecular complexity index is 413. The standard InChI is InChI=1S/C14H22N2O3/c1-3-6-16(11-8-15-9-11)10-13-12(5-7-19-13)14(17)18-4-2/h5,7,11,15H,3-4,6,8-10H2,1-2H3. The molecule has 2 heterocycles. The van der Waals surface area contributed by atoms with E-state index < -0.39 is 0 Å². The zero-order valence-corrected chi connectivity index (χ0v) is 11.6. The van der Waals surface area contributed by atoms with Crippen LogP contribution in [-0.2, 0) is 11.3 Å². The Morgan fingerprint density at radius 2 is 2.32 bits per heavy atom. The molecule has 106 valence electrons. The average molecular weight is 266 g/mol. The molecule has 1 N–H and O–H groups in total. The SMILES string of the molecule is CCCN(Cc1occc1C(=O)OCC)C1CNC1. The Balaban J connectivity index is 2.04. The van der Waals surface area contributed by atoms with Gasteiger partial charge in [-0.15, -0.1) is 0 Å². The van der Waals surface area contributed by atoms with Crippen LogP contribution >= 0.6 is 0 Å². The summed E-state index contributed by atoms with van der Waals surface area (Å²) in [6.45, 7) is 8.05. The van der Waals surface area contributed by atoms with Crippen LogP contribution in [0.25, 0.3) is 0 Å². The van der Waals surface area contributed by atoms with Crippen LogP contribution in [0.2, 0.25) is 0 Å². The van der Waals surface area contributed by atoms with Gasteiger partial charge in [0.25, 0.3) is 0 Å². The van der Waals surface area contributed by atoms with Crippen LogP contribution < -0.4 is 5.32 Å². The molecular formula is C14H22N2O3. The number of carbonyl (C=O) groups excluding carboxylic acids is 1. The molecule has 1 saturated heterocycles. The van der Waals surface area contributed by atoms with E-state index >= 15 is 0 Å². The molecule has 1 aromatic heterocycles. The Kier molecular flexibility index (Phi) is 4.99. The number of furan rings is 1. The van der Waals surface area contributed by atoms with Crippen molar-refractivity contribution in [2.24, 2.45) is 0 Å². The number of ether oxygens (including phenoxy) is 1. The third kappa shape index (κ3) is 3.36. The van der Waals surface area contributed by atoms with Gasteiger partial charge in [0.15, 0.2) is 0 Å². The molecule has 5 heteroatoms. The summed E-state index contributed by atoms with van der Waals surface area (Å²) in [6, 6.07) is 2.23. The number of rotatable bonds is 7. The van der Waals surface area contributed by atoms with Crippen molar-refractivity contribution in [3.8, 4) is 0 Å². The van der Waals surface area contributed by atoms with Gasteiger partial charge in [-0.2, -0.15) is 0 Å². The molecule has 0 amide bonds. The lowest BCUT2D eigenvalue weighted by Crippen LogP contribution is -2.57. The predicted octanol–water partition coefficient (Wildman–Crippen LogP) is 1.64. The number of esters is 1. The topological polar surface area (TPSA) is 54.7 Å². The van der Waals surface area contributed by atoms with Crippen LogP contribution in [0.5, 0.6) is 0 Å². The molecular weight excluding hydrogens is 244 g/mol. The van der Waals surface area contributed by atoms with Crippen molar-refractivity contribution in [2.45, 2.75) is 32.9 Å². The van der Waals surface area contributed by atoms with E-state index in [1.54, 1.807) is 19.3 Å². The Hall–Kier alpha value is -1.33. The largest absolute Gasteiger partial charge is 0.467 e. The van der Waals surface area contributed by atoms with Gasteiger partial charge in [0.2, 0.25) is 0 Å². The van der Waals surface area contributed by atoms with Gasteiger partial charge in [0.1, 0.15) is 11.3 Å². The van der Waals surface area contributed by atoms with E-state index in [9.17, 15) is 4.79 Å². The zero-order valence-electron chi connectivity index (χ0n) is 11.6. The predicted molar refractivity (Wildman–Crippen MR) is 72.0 cm³/mol. The normalized spacial score (nSPS) is 15.5. The molecule has 19 heavy (non-hydrogen) atoms. The van der Waals surface area contributed by atoms with Crippen molar-refractivity contribution in [3.05, 3.63) is 23.7 Å². The summed E-state index contributed by atoms with van der Waals surface area (Å²) >= 11 is 0. The molecule has 0 aliphatic carbocycles. The van der Waals surface area contributed by atoms with Crippen LogP contribution in [0.3, 0.4) is 0 Å². The van der Waals surface area contributed by atoms with E-state index in [-0.39, 0.29) is 5.97 Å². The number of carbonyl (C=O) groups is 1. The summed E-state index contributed by atoms with van der Waals surface area (Å²) in [6.07, 6.45) is 2.65. The summed E-state index contributed by atoms with van der Waals surface area (Å²) in [5.74, 6) is 0.410. The van der Waals surface area contributed by atoms with E-state index in [1.807, 2.05) is 0 Å². The fourth-order valence-electron chi connectivity index (χ4n) is 2.25. The Morgan fingerprint density at radius 3 is 2.89 bits per heavy atom. The van der Waals surface area contributed by atoms with Crippen molar-refractivity contribution < 1.29 is 13.9 Å². The fourth-order valence-corrected chi connectivity index (χ4v) is 2.25. The fraction of sp³-hybridized carbons (Fsp3) is 0.643. The van der Waals surface area contributed by atoms with E-state index in [0.717, 1.165) is 26.1 Å². The van der Waals surface area contributed by atoms with Gasteiger partial charge in [0.05, 0.1) is 19.4 Å². The molecule has 0 unspecified atom stereocenters. The molecule has 5 nitrogen and oxygen atoms in total. The van der Waals surface area contributed by atoms with Crippen molar-refractivity contribution in [3.63, 3.8) is 0 Å². The average Bonchev–Trinajstić information content (AvgIpc) is 2.75. The smallest absolute Gasteiger partial charge is 0.341 e. The minimum absolute atomic E-state index is 0.297. The highest BCUT2D eigenvalue weighted by molar-refractivity contribution is 5.90. The van der Waals surface area contributed by atoms with E-state index in [2.05, 4.69) is 17.1 Å². The molecule has 0 radical (unpaired) electrons. The first-order valence-electron chi connectivity index (χ1n) is 6.94. The van der Waals surface area contributed by atoms with Crippen LogP contribution in [0, 0.1) is 0 Å². The molecule has 2 rings (SSSR count). The van der Waals surface area contributed by atoms with Crippen molar-refractivity contribution in [1.82, 2.24) is 10.2 Å². The zero-order chi connectivity index (χ0) is 13.7. The highest BCUT2D eigenvalue weighted by Gasteiger charge is 2.26. The van der Waals surface area contributed by atoms with Crippen molar-refractivity contribution in [2.75, 3.05) is 26.2 Å². The highest BCUT2D eigenvalue weighted by Crippen LogP contribution is 2.17. The van der Waals surface area contributed by atoms with Crippen LogP contribution in [-0.4, -0.2) is 43.2 Å². The quantitative estimate of drug-likeness (QED) is 0.760.